The third kappa shape index (κ3) is 3.33. The largest absolute Gasteiger partial charge is 0.478 e. The summed E-state index contributed by atoms with van der Waals surface area (Å²) < 4.78 is 6.22. The average molecular weight is 323 g/mol. The highest BCUT2D eigenvalue weighted by Crippen LogP contribution is 2.28. The summed E-state index contributed by atoms with van der Waals surface area (Å²) >= 11 is 3.22. The number of hydrogen-bond donors (Lipinski definition) is 2. The van der Waals surface area contributed by atoms with Crippen LogP contribution in [0.4, 0.5) is 0 Å². The minimum atomic E-state index is -1.06. The Morgan fingerprint density at radius 2 is 2.00 bits per heavy atom. The SMILES string of the molecule is O=C(O)c1cc(Br)ccc1Oc1cccc(CO)c1. The van der Waals surface area contributed by atoms with Crippen molar-refractivity contribution in [2.45, 2.75) is 6.61 Å². The molecule has 5 heteroatoms. The van der Waals surface area contributed by atoms with Gasteiger partial charge in [-0.15, -0.1) is 0 Å². The van der Waals surface area contributed by atoms with Crippen LogP contribution >= 0.6 is 15.9 Å². The molecule has 19 heavy (non-hydrogen) atoms. The number of ether oxygens (including phenoxy) is 1. The molecule has 98 valence electrons. The summed E-state index contributed by atoms with van der Waals surface area (Å²) in [7, 11) is 0. The number of carboxylic acids is 1. The van der Waals surface area contributed by atoms with E-state index in [0.29, 0.717) is 15.8 Å². The molecule has 2 aromatic rings. The molecule has 2 aromatic carbocycles. The van der Waals surface area contributed by atoms with E-state index in [0.717, 1.165) is 0 Å². The van der Waals surface area contributed by atoms with Gasteiger partial charge in [0.25, 0.3) is 0 Å². The van der Waals surface area contributed by atoms with Crippen molar-refractivity contribution < 1.29 is 19.7 Å². The van der Waals surface area contributed by atoms with Crippen LogP contribution in [0, 0.1) is 0 Å². The number of carboxylic acid groups (broad SMARTS) is 1. The van der Waals surface area contributed by atoms with E-state index in [-0.39, 0.29) is 17.9 Å². The molecule has 0 unspecified atom stereocenters. The van der Waals surface area contributed by atoms with E-state index >= 15 is 0 Å². The maximum Gasteiger partial charge on any atom is 0.339 e. The predicted octanol–water partition coefficient (Wildman–Crippen LogP) is 3.43. The summed E-state index contributed by atoms with van der Waals surface area (Å²) in [5.41, 5.74) is 0.773. The maximum atomic E-state index is 11.1. The van der Waals surface area contributed by atoms with Crippen LogP contribution in [0.25, 0.3) is 0 Å². The summed E-state index contributed by atoms with van der Waals surface area (Å²) in [5, 5.41) is 18.2. The standard InChI is InChI=1S/C14H11BrO4/c15-10-4-5-13(12(7-10)14(17)18)19-11-3-1-2-9(6-11)8-16/h1-7,16H,8H2,(H,17,18). The first-order chi connectivity index (χ1) is 9.10. The molecule has 0 radical (unpaired) electrons. The number of rotatable bonds is 4. The number of benzene rings is 2. The molecule has 4 nitrogen and oxygen atoms in total. The van der Waals surface area contributed by atoms with Crippen LogP contribution in [0.3, 0.4) is 0 Å². The maximum absolute atomic E-state index is 11.1. The highest BCUT2D eigenvalue weighted by molar-refractivity contribution is 9.10. The summed E-state index contributed by atoms with van der Waals surface area (Å²) in [6, 6.07) is 11.6. The lowest BCUT2D eigenvalue weighted by Crippen LogP contribution is -2.00. The summed E-state index contributed by atoms with van der Waals surface area (Å²) in [6.45, 7) is -0.0939. The van der Waals surface area contributed by atoms with E-state index in [1.807, 2.05) is 0 Å². The quantitative estimate of drug-likeness (QED) is 0.905. The molecule has 2 rings (SSSR count). The Morgan fingerprint density at radius 3 is 2.68 bits per heavy atom. The molecule has 0 aliphatic carbocycles. The van der Waals surface area contributed by atoms with Gasteiger partial charge in [0, 0.05) is 4.47 Å². The molecule has 2 N–H and O–H groups in total. The summed E-state index contributed by atoms with van der Waals surface area (Å²) in [6.07, 6.45) is 0. The van der Waals surface area contributed by atoms with Gasteiger partial charge >= 0.3 is 5.97 Å². The fourth-order valence-corrected chi connectivity index (χ4v) is 1.95. The lowest BCUT2D eigenvalue weighted by molar-refractivity contribution is 0.0694. The van der Waals surface area contributed by atoms with Crippen LogP contribution in [0.5, 0.6) is 11.5 Å². The lowest BCUT2D eigenvalue weighted by Gasteiger charge is -2.09. The van der Waals surface area contributed by atoms with Crippen molar-refractivity contribution in [3.8, 4) is 11.5 Å². The van der Waals surface area contributed by atoms with Gasteiger partial charge in [0.15, 0.2) is 0 Å². The zero-order valence-electron chi connectivity index (χ0n) is 9.84. The Kier molecular flexibility index (Phi) is 4.19. The molecule has 0 aliphatic heterocycles. The van der Waals surface area contributed by atoms with E-state index < -0.39 is 5.97 Å². The monoisotopic (exact) mass is 322 g/mol. The van der Waals surface area contributed by atoms with Crippen molar-refractivity contribution in [1.82, 2.24) is 0 Å². The van der Waals surface area contributed by atoms with Gasteiger partial charge in [0.05, 0.1) is 6.61 Å². The second kappa shape index (κ2) is 5.86. The van der Waals surface area contributed by atoms with Crippen LogP contribution in [0.15, 0.2) is 46.9 Å². The Labute approximate surface area is 118 Å². The molecule has 0 saturated heterocycles. The first-order valence-electron chi connectivity index (χ1n) is 5.50. The normalized spacial score (nSPS) is 10.2. The summed E-state index contributed by atoms with van der Waals surface area (Å²) in [5.74, 6) is -0.322. The van der Waals surface area contributed by atoms with Gasteiger partial charge in [0.2, 0.25) is 0 Å². The van der Waals surface area contributed by atoms with Crippen molar-refractivity contribution in [3.63, 3.8) is 0 Å². The zero-order valence-corrected chi connectivity index (χ0v) is 11.4. The average Bonchev–Trinajstić information content (AvgIpc) is 2.41. The van der Waals surface area contributed by atoms with Crippen molar-refractivity contribution in [2.75, 3.05) is 0 Å². The van der Waals surface area contributed by atoms with Crippen LogP contribution in [0.2, 0.25) is 0 Å². The zero-order chi connectivity index (χ0) is 13.8. The lowest BCUT2D eigenvalue weighted by atomic mass is 10.2. The van der Waals surface area contributed by atoms with E-state index in [1.165, 1.54) is 6.07 Å². The van der Waals surface area contributed by atoms with Crippen LogP contribution < -0.4 is 4.74 Å². The molecule has 0 atom stereocenters. The molecule has 0 fully saturated rings. The third-order valence-corrected chi connectivity index (χ3v) is 2.97. The number of aliphatic hydroxyl groups is 1. The van der Waals surface area contributed by atoms with Gasteiger partial charge in [-0.2, -0.15) is 0 Å². The first-order valence-corrected chi connectivity index (χ1v) is 6.30. The smallest absolute Gasteiger partial charge is 0.339 e. The van der Waals surface area contributed by atoms with Gasteiger partial charge in [-0.1, -0.05) is 28.1 Å². The molecule has 0 aliphatic rings. The second-order valence-corrected chi connectivity index (χ2v) is 4.77. The molecular weight excluding hydrogens is 312 g/mol. The summed E-state index contributed by atoms with van der Waals surface area (Å²) in [4.78, 5) is 11.1. The first kappa shape index (κ1) is 13.6. The molecule has 0 bridgehead atoms. The third-order valence-electron chi connectivity index (χ3n) is 2.48. The van der Waals surface area contributed by atoms with Gasteiger partial charge in [-0.25, -0.2) is 4.79 Å². The topological polar surface area (TPSA) is 66.8 Å². The van der Waals surface area contributed by atoms with E-state index in [2.05, 4.69) is 15.9 Å². The fraction of sp³-hybridized carbons (Fsp3) is 0.0714. The minimum absolute atomic E-state index is 0.0729. The number of halogens is 1. The van der Waals surface area contributed by atoms with Crippen LogP contribution in [0.1, 0.15) is 15.9 Å². The van der Waals surface area contributed by atoms with Crippen molar-refractivity contribution in [1.29, 1.82) is 0 Å². The Hall–Kier alpha value is -1.85. The molecule has 0 heterocycles. The van der Waals surface area contributed by atoms with Crippen molar-refractivity contribution >= 4 is 21.9 Å². The number of hydrogen-bond acceptors (Lipinski definition) is 3. The van der Waals surface area contributed by atoms with Crippen molar-refractivity contribution in [2.24, 2.45) is 0 Å². The Morgan fingerprint density at radius 1 is 1.21 bits per heavy atom. The molecule has 0 saturated carbocycles. The highest BCUT2D eigenvalue weighted by Gasteiger charge is 2.12. The van der Waals surface area contributed by atoms with Crippen LogP contribution in [-0.4, -0.2) is 16.2 Å². The van der Waals surface area contributed by atoms with Gasteiger partial charge in [-0.3, -0.25) is 0 Å². The van der Waals surface area contributed by atoms with Gasteiger partial charge in [0.1, 0.15) is 17.1 Å². The van der Waals surface area contributed by atoms with E-state index in [9.17, 15) is 4.79 Å². The molecule has 0 spiro atoms. The molecule has 0 amide bonds. The Bertz CT molecular complexity index is 610. The second-order valence-electron chi connectivity index (χ2n) is 3.85. The molecular formula is C14H11BrO4. The van der Waals surface area contributed by atoms with E-state index in [4.69, 9.17) is 14.9 Å². The fourth-order valence-electron chi connectivity index (χ4n) is 1.59. The highest BCUT2D eigenvalue weighted by atomic mass is 79.9. The van der Waals surface area contributed by atoms with E-state index in [1.54, 1.807) is 36.4 Å². The number of aliphatic hydroxyl groups excluding tert-OH is 1. The Balaban J connectivity index is 2.34. The van der Waals surface area contributed by atoms with Gasteiger partial charge in [-0.05, 0) is 35.9 Å². The molecule has 0 aromatic heterocycles. The van der Waals surface area contributed by atoms with Crippen LogP contribution in [-0.2, 0) is 6.61 Å². The van der Waals surface area contributed by atoms with Crippen molar-refractivity contribution in [3.05, 3.63) is 58.1 Å². The number of aromatic carboxylic acids is 1. The predicted molar refractivity (Wildman–Crippen MR) is 73.5 cm³/mol. The van der Waals surface area contributed by atoms with Gasteiger partial charge < -0.3 is 14.9 Å². The number of carbonyl (C=O) groups is 1. The minimum Gasteiger partial charge on any atom is -0.478 e.